The Hall–Kier alpha value is -1.64. The highest BCUT2D eigenvalue weighted by Crippen LogP contribution is 2.14. The van der Waals surface area contributed by atoms with Gasteiger partial charge >= 0.3 is 0 Å². The van der Waals surface area contributed by atoms with Crippen molar-refractivity contribution >= 4 is 5.71 Å². The quantitative estimate of drug-likeness (QED) is 0.851. The summed E-state index contributed by atoms with van der Waals surface area (Å²) in [5, 5.41) is 0. The second-order valence-corrected chi connectivity index (χ2v) is 4.62. The van der Waals surface area contributed by atoms with Crippen molar-refractivity contribution in [2.24, 2.45) is 4.99 Å². The molecule has 1 aliphatic heterocycles. The highest BCUT2D eigenvalue weighted by Gasteiger charge is 2.09. The summed E-state index contributed by atoms with van der Waals surface area (Å²) in [7, 11) is 0. The van der Waals surface area contributed by atoms with Crippen molar-refractivity contribution in [3.8, 4) is 0 Å². The second-order valence-electron chi connectivity index (χ2n) is 4.62. The van der Waals surface area contributed by atoms with Gasteiger partial charge in [-0.25, -0.2) is 0 Å². The first kappa shape index (κ1) is 11.8. The van der Waals surface area contributed by atoms with E-state index in [1.165, 1.54) is 5.56 Å². The Labute approximate surface area is 101 Å². The standard InChI is InChI=1S/C14H18N2O/c1-10-8-12(9-15-14(10)17)6-7-13-5-3-4-11(2)16-13/h3-4,8-9,13H,5-7H2,1-2H3,(H,15,17). The van der Waals surface area contributed by atoms with E-state index in [1.807, 2.05) is 26.1 Å². The molecule has 0 amide bonds. The zero-order chi connectivity index (χ0) is 12.3. The van der Waals surface area contributed by atoms with Crippen molar-refractivity contribution in [3.05, 3.63) is 45.9 Å². The van der Waals surface area contributed by atoms with Gasteiger partial charge in [-0.1, -0.05) is 6.08 Å². The van der Waals surface area contributed by atoms with Gasteiger partial charge in [0.1, 0.15) is 0 Å². The van der Waals surface area contributed by atoms with Gasteiger partial charge in [-0.3, -0.25) is 9.79 Å². The summed E-state index contributed by atoms with van der Waals surface area (Å²) < 4.78 is 0. The summed E-state index contributed by atoms with van der Waals surface area (Å²) in [6, 6.07) is 2.36. The summed E-state index contributed by atoms with van der Waals surface area (Å²) in [6.45, 7) is 3.88. The van der Waals surface area contributed by atoms with Gasteiger partial charge in [-0.05, 0) is 50.8 Å². The molecule has 0 saturated carbocycles. The SMILES string of the molecule is CC1=NC(CCc2c[nH]c(=O)c(C)c2)CC=C1. The number of aromatic nitrogens is 1. The topological polar surface area (TPSA) is 45.2 Å². The first-order valence-electron chi connectivity index (χ1n) is 6.04. The minimum Gasteiger partial charge on any atom is -0.329 e. The van der Waals surface area contributed by atoms with Gasteiger partial charge in [0.15, 0.2) is 0 Å². The zero-order valence-corrected chi connectivity index (χ0v) is 10.4. The smallest absolute Gasteiger partial charge is 0.250 e. The Morgan fingerprint density at radius 1 is 1.47 bits per heavy atom. The van der Waals surface area contributed by atoms with Crippen molar-refractivity contribution in [1.82, 2.24) is 4.98 Å². The molecule has 1 aromatic heterocycles. The van der Waals surface area contributed by atoms with Crippen LogP contribution < -0.4 is 5.56 Å². The van der Waals surface area contributed by atoms with Gasteiger partial charge in [0.05, 0.1) is 6.04 Å². The average molecular weight is 230 g/mol. The lowest BCUT2D eigenvalue weighted by atomic mass is 10.0. The fraction of sp³-hybridized carbons (Fsp3) is 0.429. The molecular formula is C14H18N2O. The maximum atomic E-state index is 11.2. The van der Waals surface area contributed by atoms with Crippen LogP contribution in [0.3, 0.4) is 0 Å². The predicted molar refractivity (Wildman–Crippen MR) is 70.8 cm³/mol. The lowest BCUT2D eigenvalue weighted by molar-refractivity contribution is 0.618. The van der Waals surface area contributed by atoms with E-state index in [2.05, 4.69) is 22.1 Å². The lowest BCUT2D eigenvalue weighted by Gasteiger charge is -2.14. The van der Waals surface area contributed by atoms with Crippen LogP contribution in [0.5, 0.6) is 0 Å². The predicted octanol–water partition coefficient (Wildman–Crippen LogP) is 2.41. The van der Waals surface area contributed by atoms with Gasteiger partial charge in [-0.15, -0.1) is 0 Å². The largest absolute Gasteiger partial charge is 0.329 e. The molecule has 0 saturated heterocycles. The molecule has 1 aromatic rings. The van der Waals surface area contributed by atoms with Crippen molar-refractivity contribution in [3.63, 3.8) is 0 Å². The summed E-state index contributed by atoms with van der Waals surface area (Å²) in [4.78, 5) is 18.6. The minimum absolute atomic E-state index is 0.00298. The molecule has 3 heteroatoms. The van der Waals surface area contributed by atoms with E-state index in [-0.39, 0.29) is 5.56 Å². The van der Waals surface area contributed by atoms with E-state index in [4.69, 9.17) is 0 Å². The first-order valence-corrected chi connectivity index (χ1v) is 6.04. The molecule has 0 bridgehead atoms. The molecule has 90 valence electrons. The maximum absolute atomic E-state index is 11.2. The van der Waals surface area contributed by atoms with Crippen LogP contribution >= 0.6 is 0 Å². The Kier molecular flexibility index (Phi) is 3.57. The number of aliphatic imine (C=N–C) groups is 1. The van der Waals surface area contributed by atoms with E-state index in [9.17, 15) is 4.79 Å². The number of nitrogens with zero attached hydrogens (tertiary/aromatic N) is 1. The molecule has 1 aliphatic rings. The molecule has 17 heavy (non-hydrogen) atoms. The molecule has 1 unspecified atom stereocenters. The molecule has 0 aromatic carbocycles. The van der Waals surface area contributed by atoms with Crippen LogP contribution in [0.25, 0.3) is 0 Å². The lowest BCUT2D eigenvalue weighted by Crippen LogP contribution is -2.13. The van der Waals surface area contributed by atoms with Crippen LogP contribution in [0, 0.1) is 6.92 Å². The average Bonchev–Trinajstić information content (AvgIpc) is 2.31. The first-order chi connectivity index (χ1) is 8.15. The second kappa shape index (κ2) is 5.13. The van der Waals surface area contributed by atoms with Crippen LogP contribution in [0.1, 0.15) is 30.9 Å². The summed E-state index contributed by atoms with van der Waals surface area (Å²) in [5.41, 5.74) is 3.08. The van der Waals surface area contributed by atoms with Gasteiger partial charge in [0, 0.05) is 17.5 Å². The summed E-state index contributed by atoms with van der Waals surface area (Å²) in [5.74, 6) is 0. The number of dihydropyridines is 1. The van der Waals surface area contributed by atoms with Crippen molar-refractivity contribution in [2.75, 3.05) is 0 Å². The van der Waals surface area contributed by atoms with Crippen LogP contribution in [0.15, 0.2) is 34.2 Å². The highest BCUT2D eigenvalue weighted by atomic mass is 16.1. The van der Waals surface area contributed by atoms with E-state index in [0.29, 0.717) is 6.04 Å². The molecule has 3 nitrogen and oxygen atoms in total. The molecule has 1 atom stereocenters. The number of H-pyrrole nitrogens is 1. The van der Waals surface area contributed by atoms with Crippen molar-refractivity contribution < 1.29 is 0 Å². The maximum Gasteiger partial charge on any atom is 0.250 e. The Balaban J connectivity index is 1.96. The summed E-state index contributed by atoms with van der Waals surface area (Å²) in [6.07, 6.45) is 9.09. The molecular weight excluding hydrogens is 212 g/mol. The zero-order valence-electron chi connectivity index (χ0n) is 10.4. The third-order valence-corrected chi connectivity index (χ3v) is 3.07. The van der Waals surface area contributed by atoms with Crippen LogP contribution in [0.4, 0.5) is 0 Å². The number of allylic oxidation sites excluding steroid dienone is 1. The number of aromatic amines is 1. The number of hydrogen-bond donors (Lipinski definition) is 1. The van der Waals surface area contributed by atoms with Crippen LogP contribution in [-0.4, -0.2) is 16.7 Å². The number of rotatable bonds is 3. The molecule has 0 fully saturated rings. The van der Waals surface area contributed by atoms with E-state index in [0.717, 1.165) is 30.5 Å². The molecule has 1 N–H and O–H groups in total. The number of hydrogen-bond acceptors (Lipinski definition) is 2. The Bertz CT molecular complexity index is 511. The van der Waals surface area contributed by atoms with Gasteiger partial charge < -0.3 is 4.98 Å². The fourth-order valence-electron chi connectivity index (χ4n) is 2.10. The van der Waals surface area contributed by atoms with E-state index >= 15 is 0 Å². The number of aryl methyl sites for hydroxylation is 2. The number of nitrogens with one attached hydrogen (secondary N) is 1. The minimum atomic E-state index is 0.00298. The van der Waals surface area contributed by atoms with Crippen LogP contribution in [-0.2, 0) is 6.42 Å². The third kappa shape index (κ3) is 3.16. The monoisotopic (exact) mass is 230 g/mol. The van der Waals surface area contributed by atoms with E-state index in [1.54, 1.807) is 0 Å². The van der Waals surface area contributed by atoms with Gasteiger partial charge in [-0.2, -0.15) is 0 Å². The summed E-state index contributed by atoms with van der Waals surface area (Å²) >= 11 is 0. The Morgan fingerprint density at radius 3 is 3.00 bits per heavy atom. The molecule has 0 spiro atoms. The normalized spacial score (nSPS) is 19.2. The molecule has 2 rings (SSSR count). The van der Waals surface area contributed by atoms with Gasteiger partial charge in [0.25, 0.3) is 5.56 Å². The molecule has 0 radical (unpaired) electrons. The van der Waals surface area contributed by atoms with Gasteiger partial charge in [0.2, 0.25) is 0 Å². The van der Waals surface area contributed by atoms with E-state index < -0.39 is 0 Å². The van der Waals surface area contributed by atoms with Crippen molar-refractivity contribution in [1.29, 1.82) is 0 Å². The molecule has 2 heterocycles. The van der Waals surface area contributed by atoms with Crippen molar-refractivity contribution in [2.45, 2.75) is 39.2 Å². The van der Waals surface area contributed by atoms with Crippen LogP contribution in [0.2, 0.25) is 0 Å². The third-order valence-electron chi connectivity index (χ3n) is 3.07. The highest BCUT2D eigenvalue weighted by molar-refractivity contribution is 5.93. The fourth-order valence-corrected chi connectivity index (χ4v) is 2.10. The molecule has 0 aliphatic carbocycles. The number of pyridine rings is 1. The Morgan fingerprint density at radius 2 is 2.29 bits per heavy atom.